The Labute approximate surface area is 202 Å². The number of aromatic nitrogens is 4. The first-order valence-electron chi connectivity index (χ1n) is 10.2. The van der Waals surface area contributed by atoms with Crippen LogP contribution in [-0.4, -0.2) is 44.5 Å². The van der Waals surface area contributed by atoms with Crippen LogP contribution in [0.4, 0.5) is 35.2 Å². The van der Waals surface area contributed by atoms with Crippen molar-refractivity contribution in [3.63, 3.8) is 0 Å². The van der Waals surface area contributed by atoms with Crippen molar-refractivity contribution in [1.82, 2.24) is 24.4 Å². The van der Waals surface area contributed by atoms with E-state index in [1.54, 1.807) is 24.3 Å². The van der Waals surface area contributed by atoms with Crippen LogP contribution in [-0.2, 0) is 12.7 Å². The molecule has 0 fully saturated rings. The Balaban J connectivity index is 1.55. The summed E-state index contributed by atoms with van der Waals surface area (Å²) in [6, 6.07) is 9.21. The largest absolute Gasteiger partial charge is 0.417 e. The molecule has 35 heavy (non-hydrogen) atoms. The second kappa shape index (κ2) is 9.39. The number of anilines is 3. The minimum Gasteiger partial charge on any atom is -0.382 e. The quantitative estimate of drug-likeness (QED) is 0.360. The second-order valence-corrected chi connectivity index (χ2v) is 8.26. The maximum atomic E-state index is 13.0. The fourth-order valence-corrected chi connectivity index (χ4v) is 3.65. The number of benzene rings is 2. The predicted octanol–water partition coefficient (Wildman–Crippen LogP) is 4.78. The first-order chi connectivity index (χ1) is 16.5. The number of imidazole rings is 1. The molecule has 0 radical (unpaired) electrons. The van der Waals surface area contributed by atoms with Gasteiger partial charge in [-0.3, -0.25) is 4.57 Å². The van der Waals surface area contributed by atoms with E-state index in [9.17, 15) is 18.0 Å². The van der Waals surface area contributed by atoms with Crippen molar-refractivity contribution >= 4 is 46.0 Å². The van der Waals surface area contributed by atoms with Gasteiger partial charge in [0.05, 0.1) is 17.1 Å². The van der Waals surface area contributed by atoms with Gasteiger partial charge in [0.2, 0.25) is 0 Å². The third-order valence-corrected chi connectivity index (χ3v) is 5.24. The number of halogens is 4. The Hall–Kier alpha value is -3.90. The van der Waals surface area contributed by atoms with Gasteiger partial charge in [-0.1, -0.05) is 11.6 Å². The second-order valence-electron chi connectivity index (χ2n) is 7.85. The monoisotopic (exact) mass is 504 g/mol. The molecule has 13 heteroatoms. The number of alkyl halides is 3. The van der Waals surface area contributed by atoms with Gasteiger partial charge in [0.1, 0.15) is 12.2 Å². The van der Waals surface area contributed by atoms with Crippen LogP contribution in [0.1, 0.15) is 11.4 Å². The fourth-order valence-electron chi connectivity index (χ4n) is 3.42. The maximum Gasteiger partial charge on any atom is 0.417 e. The lowest BCUT2D eigenvalue weighted by atomic mass is 10.2. The Kier molecular flexibility index (Phi) is 6.50. The van der Waals surface area contributed by atoms with E-state index in [1.807, 2.05) is 23.6 Å². The standard InChI is InChI=1S/C22H20ClF3N8O/c1-33(2)10-17-32-18-19(27)28-11-29-20(18)34(17)14-6-3-12(4-7-14)30-21(35)31-13-5-8-16(23)15(9-13)22(24,25)26/h3-9,11H,10H2,1-2H3,(H2,27,28,29)(H2,30,31,35). The van der Waals surface area contributed by atoms with Gasteiger partial charge in [-0.15, -0.1) is 0 Å². The summed E-state index contributed by atoms with van der Waals surface area (Å²) in [5.41, 5.74) is 7.04. The van der Waals surface area contributed by atoms with Crippen molar-refractivity contribution in [3.05, 3.63) is 65.2 Å². The molecule has 2 aromatic heterocycles. The number of rotatable bonds is 5. The zero-order chi connectivity index (χ0) is 25.3. The van der Waals surface area contributed by atoms with Crippen molar-refractivity contribution in [2.24, 2.45) is 0 Å². The molecule has 4 aromatic rings. The number of urea groups is 1. The number of nitrogens with two attached hydrogens (primary N) is 1. The van der Waals surface area contributed by atoms with Crippen molar-refractivity contribution < 1.29 is 18.0 Å². The molecular weight excluding hydrogens is 485 g/mol. The van der Waals surface area contributed by atoms with E-state index in [0.29, 0.717) is 29.2 Å². The van der Waals surface area contributed by atoms with Crippen molar-refractivity contribution in [3.8, 4) is 5.69 Å². The average molecular weight is 505 g/mol. The van der Waals surface area contributed by atoms with Crippen LogP contribution < -0.4 is 16.4 Å². The first-order valence-corrected chi connectivity index (χ1v) is 10.6. The molecular formula is C22H20ClF3N8O. The topological polar surface area (TPSA) is 114 Å². The molecule has 0 saturated carbocycles. The third-order valence-electron chi connectivity index (χ3n) is 4.91. The molecule has 0 spiro atoms. The molecule has 2 heterocycles. The van der Waals surface area contributed by atoms with Gasteiger partial charge in [0.25, 0.3) is 0 Å². The summed E-state index contributed by atoms with van der Waals surface area (Å²) < 4.78 is 41.0. The molecule has 2 amide bonds. The number of nitrogen functional groups attached to an aromatic ring is 1. The number of amides is 2. The molecule has 9 nitrogen and oxygen atoms in total. The fraction of sp³-hybridized carbons (Fsp3) is 0.182. The molecule has 4 N–H and O–H groups in total. The zero-order valence-corrected chi connectivity index (χ0v) is 19.3. The highest BCUT2D eigenvalue weighted by Crippen LogP contribution is 2.36. The Morgan fingerprint density at radius 1 is 1.09 bits per heavy atom. The molecule has 0 unspecified atom stereocenters. The molecule has 182 valence electrons. The smallest absolute Gasteiger partial charge is 0.382 e. The van der Waals surface area contributed by atoms with E-state index in [4.69, 9.17) is 17.3 Å². The molecule has 0 atom stereocenters. The van der Waals surface area contributed by atoms with Crippen LogP contribution >= 0.6 is 11.6 Å². The minimum absolute atomic E-state index is 0.0497. The van der Waals surface area contributed by atoms with Crippen molar-refractivity contribution in [1.29, 1.82) is 0 Å². The van der Waals surface area contributed by atoms with Gasteiger partial charge in [-0.25, -0.2) is 19.7 Å². The Morgan fingerprint density at radius 2 is 1.74 bits per heavy atom. The molecule has 0 aliphatic carbocycles. The molecule has 0 aliphatic heterocycles. The van der Waals surface area contributed by atoms with E-state index in [1.165, 1.54) is 12.4 Å². The van der Waals surface area contributed by atoms with Gasteiger partial charge < -0.3 is 21.3 Å². The molecule has 0 aliphatic rings. The van der Waals surface area contributed by atoms with Gasteiger partial charge in [0.15, 0.2) is 17.0 Å². The van der Waals surface area contributed by atoms with Gasteiger partial charge in [0, 0.05) is 17.1 Å². The number of hydrogen-bond acceptors (Lipinski definition) is 6. The van der Waals surface area contributed by atoms with Crippen LogP contribution in [0.3, 0.4) is 0 Å². The van der Waals surface area contributed by atoms with E-state index in [2.05, 4.69) is 25.6 Å². The van der Waals surface area contributed by atoms with E-state index >= 15 is 0 Å². The lowest BCUT2D eigenvalue weighted by Crippen LogP contribution is -2.20. The highest BCUT2D eigenvalue weighted by Gasteiger charge is 2.33. The van der Waals surface area contributed by atoms with E-state index in [-0.39, 0.29) is 11.5 Å². The molecule has 0 saturated heterocycles. The SMILES string of the molecule is CN(C)Cc1nc2c(N)ncnc2n1-c1ccc(NC(=O)Nc2ccc(Cl)c(C(F)(F)F)c2)cc1. The Morgan fingerprint density at radius 3 is 2.40 bits per heavy atom. The van der Waals surface area contributed by atoms with Crippen LogP contribution in [0, 0.1) is 0 Å². The van der Waals surface area contributed by atoms with E-state index < -0.39 is 22.8 Å². The van der Waals surface area contributed by atoms with Crippen LogP contribution in [0.25, 0.3) is 16.9 Å². The Bertz CT molecular complexity index is 1390. The number of nitrogens with one attached hydrogen (secondary N) is 2. The van der Waals surface area contributed by atoms with Gasteiger partial charge in [-0.05, 0) is 56.6 Å². The van der Waals surface area contributed by atoms with Crippen LogP contribution in [0.15, 0.2) is 48.8 Å². The number of carbonyl (C=O) groups excluding carboxylic acids is 1. The highest BCUT2D eigenvalue weighted by atomic mass is 35.5. The summed E-state index contributed by atoms with van der Waals surface area (Å²) in [7, 11) is 3.81. The number of hydrogen-bond donors (Lipinski definition) is 3. The first kappa shape index (κ1) is 24.2. The van der Waals surface area contributed by atoms with Crippen LogP contribution in [0.5, 0.6) is 0 Å². The van der Waals surface area contributed by atoms with Gasteiger partial charge >= 0.3 is 12.2 Å². The summed E-state index contributed by atoms with van der Waals surface area (Å²) in [5, 5.41) is 4.51. The van der Waals surface area contributed by atoms with Crippen LogP contribution in [0.2, 0.25) is 5.02 Å². The number of fused-ring (bicyclic) bond motifs is 1. The van der Waals surface area contributed by atoms with Crippen molar-refractivity contribution in [2.45, 2.75) is 12.7 Å². The lowest BCUT2D eigenvalue weighted by molar-refractivity contribution is -0.137. The van der Waals surface area contributed by atoms with E-state index in [0.717, 1.165) is 17.8 Å². The summed E-state index contributed by atoms with van der Waals surface area (Å²) >= 11 is 5.62. The summed E-state index contributed by atoms with van der Waals surface area (Å²) in [5.74, 6) is 0.957. The minimum atomic E-state index is -4.64. The van der Waals surface area contributed by atoms with Crippen molar-refractivity contribution in [2.75, 3.05) is 30.5 Å². The normalized spacial score (nSPS) is 11.7. The number of nitrogens with zero attached hydrogens (tertiary/aromatic N) is 5. The molecule has 4 rings (SSSR count). The summed E-state index contributed by atoms with van der Waals surface area (Å²) in [6.45, 7) is 0.513. The summed E-state index contributed by atoms with van der Waals surface area (Å²) in [4.78, 5) is 27.2. The lowest BCUT2D eigenvalue weighted by Gasteiger charge is -2.14. The summed E-state index contributed by atoms with van der Waals surface area (Å²) in [6.07, 6.45) is -3.28. The average Bonchev–Trinajstić information content (AvgIpc) is 3.13. The number of carbonyl (C=O) groups is 1. The molecule has 2 aromatic carbocycles. The predicted molar refractivity (Wildman–Crippen MR) is 128 cm³/mol. The highest BCUT2D eigenvalue weighted by molar-refractivity contribution is 6.31. The van der Waals surface area contributed by atoms with Gasteiger partial charge in [-0.2, -0.15) is 13.2 Å². The molecule has 0 bridgehead atoms. The maximum absolute atomic E-state index is 13.0. The zero-order valence-electron chi connectivity index (χ0n) is 18.6. The third kappa shape index (κ3) is 5.28.